The van der Waals surface area contributed by atoms with Gasteiger partial charge in [0.05, 0.1) is 12.6 Å². The minimum Gasteiger partial charge on any atom is -0.460 e. The van der Waals surface area contributed by atoms with Crippen LogP contribution < -0.4 is 0 Å². The number of nitrogens with zero attached hydrogens (tertiary/aromatic N) is 1. The number of hydrogen-bond acceptors (Lipinski definition) is 4. The molecule has 70 valence electrons. The van der Waals surface area contributed by atoms with E-state index in [1.54, 1.807) is 6.92 Å². The van der Waals surface area contributed by atoms with Crippen LogP contribution in [0.2, 0.25) is 0 Å². The van der Waals surface area contributed by atoms with Gasteiger partial charge in [-0.2, -0.15) is 0 Å². The van der Waals surface area contributed by atoms with Gasteiger partial charge >= 0.3 is 5.97 Å². The summed E-state index contributed by atoms with van der Waals surface area (Å²) in [7, 11) is 0. The Hall–Kier alpha value is -0.610. The van der Waals surface area contributed by atoms with Crippen LogP contribution in [0.3, 0.4) is 0 Å². The highest BCUT2D eigenvalue weighted by Crippen LogP contribution is 2.05. The van der Waals surface area contributed by atoms with Crippen LogP contribution in [0, 0.1) is 0 Å². The molecule has 12 heavy (non-hydrogen) atoms. The summed E-state index contributed by atoms with van der Waals surface area (Å²) in [6, 6.07) is 0. The monoisotopic (exact) mass is 173 g/mol. The van der Waals surface area contributed by atoms with Gasteiger partial charge in [-0.05, 0) is 13.8 Å². The lowest BCUT2D eigenvalue weighted by Crippen LogP contribution is -2.46. The maximum Gasteiger partial charge on any atom is 0.320 e. The smallest absolute Gasteiger partial charge is 0.320 e. The van der Waals surface area contributed by atoms with Crippen LogP contribution in [-0.2, 0) is 9.53 Å². The lowest BCUT2D eigenvalue weighted by atomic mass is 10.2. The van der Waals surface area contributed by atoms with Crippen molar-refractivity contribution >= 4 is 5.97 Å². The Balaban J connectivity index is 2.39. The van der Waals surface area contributed by atoms with Crippen LogP contribution in [0.25, 0.3) is 0 Å². The van der Waals surface area contributed by atoms with E-state index in [-0.39, 0.29) is 18.2 Å². The van der Waals surface area contributed by atoms with Crippen LogP contribution >= 0.6 is 0 Å². The van der Waals surface area contributed by atoms with Gasteiger partial charge in [-0.3, -0.25) is 9.69 Å². The van der Waals surface area contributed by atoms with Crippen molar-refractivity contribution in [3.05, 3.63) is 0 Å². The number of cyclic esters (lactones) is 1. The molecule has 2 atom stereocenters. The van der Waals surface area contributed by atoms with Gasteiger partial charge in [-0.15, -0.1) is 0 Å². The molecule has 0 aliphatic carbocycles. The Morgan fingerprint density at radius 2 is 2.50 bits per heavy atom. The second-order valence-corrected chi connectivity index (χ2v) is 3.34. The molecule has 4 heteroatoms. The van der Waals surface area contributed by atoms with Crippen LogP contribution in [0.4, 0.5) is 0 Å². The van der Waals surface area contributed by atoms with Crippen molar-refractivity contribution in [1.29, 1.82) is 0 Å². The molecule has 1 saturated heterocycles. The zero-order valence-electron chi connectivity index (χ0n) is 7.49. The van der Waals surface area contributed by atoms with E-state index in [1.165, 1.54) is 0 Å². The lowest BCUT2D eigenvalue weighted by molar-refractivity contribution is -0.157. The van der Waals surface area contributed by atoms with Gasteiger partial charge in [0.15, 0.2) is 0 Å². The highest BCUT2D eigenvalue weighted by Gasteiger charge is 2.23. The van der Waals surface area contributed by atoms with Crippen molar-refractivity contribution in [3.63, 3.8) is 0 Å². The molecule has 0 aromatic carbocycles. The third-order valence-corrected chi connectivity index (χ3v) is 1.72. The number of aliphatic hydroxyl groups is 1. The number of carbonyl (C=O) groups is 1. The molecule has 4 nitrogen and oxygen atoms in total. The third-order valence-electron chi connectivity index (χ3n) is 1.72. The van der Waals surface area contributed by atoms with Gasteiger partial charge in [-0.1, -0.05) is 0 Å². The fraction of sp³-hybridized carbons (Fsp3) is 0.875. The molecular formula is C8H15NO3. The molecule has 0 aromatic rings. The molecule has 1 aliphatic heterocycles. The summed E-state index contributed by atoms with van der Waals surface area (Å²) in [5.41, 5.74) is 0. The zero-order chi connectivity index (χ0) is 9.14. The van der Waals surface area contributed by atoms with Crippen LogP contribution in [0.5, 0.6) is 0 Å². The van der Waals surface area contributed by atoms with Crippen molar-refractivity contribution in [3.8, 4) is 0 Å². The Morgan fingerprint density at radius 3 is 3.00 bits per heavy atom. The molecule has 0 aromatic heterocycles. The molecule has 1 N–H and O–H groups in total. The second kappa shape index (κ2) is 3.87. The highest BCUT2D eigenvalue weighted by atomic mass is 16.5. The molecule has 0 saturated carbocycles. The van der Waals surface area contributed by atoms with E-state index in [2.05, 4.69) is 0 Å². The van der Waals surface area contributed by atoms with Gasteiger partial charge in [0.1, 0.15) is 6.10 Å². The van der Waals surface area contributed by atoms with Crippen molar-refractivity contribution in [1.82, 2.24) is 4.90 Å². The Labute approximate surface area is 72.1 Å². The van der Waals surface area contributed by atoms with Crippen LogP contribution in [0.15, 0.2) is 0 Å². The van der Waals surface area contributed by atoms with Gasteiger partial charge in [0.2, 0.25) is 0 Å². The predicted octanol–water partition coefficient (Wildman–Crippen LogP) is -0.385. The van der Waals surface area contributed by atoms with E-state index in [9.17, 15) is 4.79 Å². The molecule has 1 heterocycles. The summed E-state index contributed by atoms with van der Waals surface area (Å²) in [5, 5.41) is 9.08. The third kappa shape index (κ3) is 2.79. The molecule has 1 fully saturated rings. The van der Waals surface area contributed by atoms with Crippen LogP contribution in [-0.4, -0.2) is 47.8 Å². The van der Waals surface area contributed by atoms with Crippen LogP contribution in [0.1, 0.15) is 13.8 Å². The van der Waals surface area contributed by atoms with Crippen molar-refractivity contribution in [2.45, 2.75) is 26.1 Å². The summed E-state index contributed by atoms with van der Waals surface area (Å²) in [5.74, 6) is -0.200. The summed E-state index contributed by atoms with van der Waals surface area (Å²) >= 11 is 0. The van der Waals surface area contributed by atoms with E-state index >= 15 is 0 Å². The topological polar surface area (TPSA) is 49.8 Å². The normalized spacial score (nSPS) is 28.2. The average Bonchev–Trinajstić information content (AvgIpc) is 1.81. The highest BCUT2D eigenvalue weighted by molar-refractivity contribution is 5.72. The van der Waals surface area contributed by atoms with E-state index in [4.69, 9.17) is 9.84 Å². The van der Waals surface area contributed by atoms with E-state index in [1.807, 2.05) is 11.8 Å². The number of morpholine rings is 1. The standard InChI is InChI=1S/C8H15NO3/c1-6(10)3-9-4-7(2)12-8(11)5-9/h6-7,10H,3-5H2,1-2H3. The molecule has 2 unspecified atom stereocenters. The molecule has 0 spiro atoms. The number of aliphatic hydroxyl groups excluding tert-OH is 1. The maximum atomic E-state index is 10.9. The molecule has 1 aliphatic rings. The van der Waals surface area contributed by atoms with Crippen molar-refractivity contribution in [2.75, 3.05) is 19.6 Å². The number of ether oxygens (including phenoxy) is 1. The first-order valence-corrected chi connectivity index (χ1v) is 4.18. The number of hydrogen-bond donors (Lipinski definition) is 1. The minimum absolute atomic E-state index is 0.0509. The number of esters is 1. The molecule has 1 rings (SSSR count). The summed E-state index contributed by atoms with van der Waals surface area (Å²) in [4.78, 5) is 12.8. The Bertz CT molecular complexity index is 168. The van der Waals surface area contributed by atoms with Gasteiger partial charge in [-0.25, -0.2) is 0 Å². The molecule has 0 amide bonds. The largest absolute Gasteiger partial charge is 0.460 e. The van der Waals surface area contributed by atoms with E-state index in [0.717, 1.165) is 6.54 Å². The first-order chi connectivity index (χ1) is 5.58. The predicted molar refractivity (Wildman–Crippen MR) is 43.7 cm³/mol. The first kappa shape index (κ1) is 9.48. The SMILES string of the molecule is CC(O)CN1CC(=O)OC(C)C1. The quantitative estimate of drug-likeness (QED) is 0.578. The number of carbonyl (C=O) groups excluding carboxylic acids is 1. The molecule has 0 bridgehead atoms. The molecule has 0 radical (unpaired) electrons. The summed E-state index contributed by atoms with van der Waals surface area (Å²) in [6.07, 6.45) is -0.437. The Morgan fingerprint density at radius 1 is 1.83 bits per heavy atom. The lowest BCUT2D eigenvalue weighted by Gasteiger charge is -2.30. The van der Waals surface area contributed by atoms with E-state index < -0.39 is 0 Å². The van der Waals surface area contributed by atoms with Gasteiger partial charge < -0.3 is 9.84 Å². The average molecular weight is 173 g/mol. The van der Waals surface area contributed by atoms with E-state index in [0.29, 0.717) is 13.1 Å². The van der Waals surface area contributed by atoms with Crippen molar-refractivity contribution < 1.29 is 14.6 Å². The second-order valence-electron chi connectivity index (χ2n) is 3.34. The summed E-state index contributed by atoms with van der Waals surface area (Å²) in [6.45, 7) is 5.13. The zero-order valence-corrected chi connectivity index (χ0v) is 7.49. The molecular weight excluding hydrogens is 158 g/mol. The van der Waals surface area contributed by atoms with Crippen molar-refractivity contribution in [2.24, 2.45) is 0 Å². The summed E-state index contributed by atoms with van der Waals surface area (Å²) < 4.78 is 4.94. The Kier molecular flexibility index (Phi) is 3.05. The fourth-order valence-electron chi connectivity index (χ4n) is 1.42. The number of β-amino-alcohol motifs (C(OH)–C–C–N with tert-alkyl or cyclic N) is 1. The minimum atomic E-state index is -0.386. The first-order valence-electron chi connectivity index (χ1n) is 4.18. The van der Waals surface area contributed by atoms with Gasteiger partial charge in [0, 0.05) is 13.1 Å². The fourth-order valence-corrected chi connectivity index (χ4v) is 1.42. The van der Waals surface area contributed by atoms with Gasteiger partial charge in [0.25, 0.3) is 0 Å². The number of rotatable bonds is 2. The maximum absolute atomic E-state index is 10.9.